The van der Waals surface area contributed by atoms with Gasteiger partial charge in [0.1, 0.15) is 0 Å². The van der Waals surface area contributed by atoms with Crippen molar-refractivity contribution in [2.75, 3.05) is 12.8 Å². The Hall–Kier alpha value is -0.540. The lowest BCUT2D eigenvalue weighted by Crippen LogP contribution is -2.29. The molecule has 0 aromatic carbocycles. The fourth-order valence-corrected chi connectivity index (χ4v) is 3.71. The van der Waals surface area contributed by atoms with Gasteiger partial charge in [-0.2, -0.15) is 11.8 Å². The zero-order chi connectivity index (χ0) is 12.1. The van der Waals surface area contributed by atoms with Crippen molar-refractivity contribution in [2.45, 2.75) is 44.0 Å². The number of pyridine rings is 1. The molecule has 1 aromatic rings. The molecule has 2 atom stereocenters. The highest BCUT2D eigenvalue weighted by atomic mass is 32.2. The van der Waals surface area contributed by atoms with Gasteiger partial charge in [0, 0.05) is 24.0 Å². The second kappa shape index (κ2) is 6.41. The van der Waals surface area contributed by atoms with E-state index in [0.29, 0.717) is 0 Å². The summed E-state index contributed by atoms with van der Waals surface area (Å²) in [5.74, 6) is 1.25. The monoisotopic (exact) mass is 250 g/mol. The summed E-state index contributed by atoms with van der Waals surface area (Å²) in [4.78, 5) is 6.87. The lowest BCUT2D eigenvalue weighted by molar-refractivity contribution is 0.235. The van der Waals surface area contributed by atoms with Crippen LogP contribution in [0.5, 0.6) is 0 Å². The standard InChI is InChI=1S/C14H22N2S/c1-3-17-14-8-7-13(10-14)16(2)11-12-6-4-5-9-15-12/h4-6,9,13-14H,3,7-8,10-11H2,1-2H3/t13-,14-/m1/s1. The average Bonchev–Trinajstić information content (AvgIpc) is 2.79. The zero-order valence-electron chi connectivity index (χ0n) is 10.8. The Bertz CT molecular complexity index is 328. The molecule has 1 saturated carbocycles. The highest BCUT2D eigenvalue weighted by molar-refractivity contribution is 7.99. The van der Waals surface area contributed by atoms with E-state index in [1.807, 2.05) is 12.3 Å². The van der Waals surface area contributed by atoms with Crippen LogP contribution < -0.4 is 0 Å². The summed E-state index contributed by atoms with van der Waals surface area (Å²) in [6, 6.07) is 6.91. The van der Waals surface area contributed by atoms with E-state index in [9.17, 15) is 0 Å². The maximum atomic E-state index is 4.40. The third kappa shape index (κ3) is 3.71. The summed E-state index contributed by atoms with van der Waals surface area (Å²) >= 11 is 2.12. The van der Waals surface area contributed by atoms with Crippen LogP contribution in [-0.4, -0.2) is 34.0 Å². The first-order chi connectivity index (χ1) is 8.29. The van der Waals surface area contributed by atoms with Crippen molar-refractivity contribution in [3.8, 4) is 0 Å². The molecule has 2 nitrogen and oxygen atoms in total. The van der Waals surface area contributed by atoms with Crippen LogP contribution in [0.2, 0.25) is 0 Å². The number of nitrogens with zero attached hydrogens (tertiary/aromatic N) is 2. The highest BCUT2D eigenvalue weighted by Crippen LogP contribution is 2.32. The van der Waals surface area contributed by atoms with Crippen LogP contribution in [0.25, 0.3) is 0 Å². The minimum Gasteiger partial charge on any atom is -0.298 e. The molecule has 1 aliphatic rings. The Morgan fingerprint density at radius 3 is 3.00 bits per heavy atom. The molecule has 0 saturated heterocycles. The predicted octanol–water partition coefficient (Wildman–Crippen LogP) is 3.19. The van der Waals surface area contributed by atoms with Crippen molar-refractivity contribution in [2.24, 2.45) is 0 Å². The average molecular weight is 250 g/mol. The molecule has 3 heteroatoms. The Balaban J connectivity index is 1.83. The van der Waals surface area contributed by atoms with E-state index in [1.165, 1.54) is 30.7 Å². The Labute approximate surface area is 109 Å². The molecule has 1 aliphatic carbocycles. The summed E-state index contributed by atoms with van der Waals surface area (Å²) in [6.07, 6.45) is 5.96. The topological polar surface area (TPSA) is 16.1 Å². The summed E-state index contributed by atoms with van der Waals surface area (Å²) in [6.45, 7) is 3.24. The summed E-state index contributed by atoms with van der Waals surface area (Å²) in [7, 11) is 2.23. The minimum absolute atomic E-state index is 0.751. The SMILES string of the molecule is CCS[C@@H]1CC[C@@H](N(C)Cc2ccccn2)C1. The summed E-state index contributed by atoms with van der Waals surface area (Å²) in [5.41, 5.74) is 1.18. The highest BCUT2D eigenvalue weighted by Gasteiger charge is 2.27. The van der Waals surface area contributed by atoms with E-state index in [1.54, 1.807) is 0 Å². The predicted molar refractivity (Wildman–Crippen MR) is 75.3 cm³/mol. The molecular weight excluding hydrogens is 228 g/mol. The Morgan fingerprint density at radius 1 is 1.41 bits per heavy atom. The van der Waals surface area contributed by atoms with Crippen LogP contribution in [0.3, 0.4) is 0 Å². The molecule has 1 heterocycles. The molecule has 2 rings (SSSR count). The molecule has 0 amide bonds. The second-order valence-electron chi connectivity index (χ2n) is 4.78. The smallest absolute Gasteiger partial charge is 0.0543 e. The third-order valence-electron chi connectivity index (χ3n) is 3.52. The molecule has 0 unspecified atom stereocenters. The number of aromatic nitrogens is 1. The molecule has 0 aliphatic heterocycles. The maximum absolute atomic E-state index is 4.40. The van der Waals surface area contributed by atoms with Crippen molar-refractivity contribution in [3.05, 3.63) is 30.1 Å². The van der Waals surface area contributed by atoms with Crippen molar-refractivity contribution < 1.29 is 0 Å². The first-order valence-electron chi connectivity index (χ1n) is 6.51. The third-order valence-corrected chi connectivity index (χ3v) is 4.75. The van der Waals surface area contributed by atoms with Crippen molar-refractivity contribution in [1.29, 1.82) is 0 Å². The lowest BCUT2D eigenvalue weighted by atomic mass is 10.2. The molecule has 94 valence electrons. The number of rotatable bonds is 5. The van der Waals surface area contributed by atoms with Gasteiger partial charge in [0.15, 0.2) is 0 Å². The van der Waals surface area contributed by atoms with E-state index in [2.05, 4.69) is 47.7 Å². The van der Waals surface area contributed by atoms with Gasteiger partial charge in [-0.15, -0.1) is 0 Å². The molecule has 0 spiro atoms. The van der Waals surface area contributed by atoms with Gasteiger partial charge in [-0.1, -0.05) is 13.0 Å². The van der Waals surface area contributed by atoms with Crippen molar-refractivity contribution in [1.82, 2.24) is 9.88 Å². The maximum Gasteiger partial charge on any atom is 0.0543 e. The lowest BCUT2D eigenvalue weighted by Gasteiger charge is -2.23. The number of thioether (sulfide) groups is 1. The van der Waals surface area contributed by atoms with Crippen LogP contribution in [0.15, 0.2) is 24.4 Å². The summed E-state index contributed by atoms with van der Waals surface area (Å²) in [5, 5.41) is 0.885. The molecule has 1 fully saturated rings. The fraction of sp³-hybridized carbons (Fsp3) is 0.643. The van der Waals surface area contributed by atoms with Gasteiger partial charge in [0.05, 0.1) is 5.69 Å². The largest absolute Gasteiger partial charge is 0.298 e. The van der Waals surface area contributed by atoms with Gasteiger partial charge < -0.3 is 0 Å². The summed E-state index contributed by atoms with van der Waals surface area (Å²) < 4.78 is 0. The van der Waals surface area contributed by atoms with E-state index in [-0.39, 0.29) is 0 Å². The quantitative estimate of drug-likeness (QED) is 0.798. The Morgan fingerprint density at radius 2 is 2.29 bits per heavy atom. The second-order valence-corrected chi connectivity index (χ2v) is 6.36. The van der Waals surface area contributed by atoms with Crippen molar-refractivity contribution in [3.63, 3.8) is 0 Å². The van der Waals surface area contributed by atoms with Gasteiger partial charge >= 0.3 is 0 Å². The fourth-order valence-electron chi connectivity index (χ4n) is 2.58. The van der Waals surface area contributed by atoms with Gasteiger partial charge in [-0.05, 0) is 44.2 Å². The van der Waals surface area contributed by atoms with Gasteiger partial charge in [-0.3, -0.25) is 9.88 Å². The molecule has 0 bridgehead atoms. The number of hydrogen-bond donors (Lipinski definition) is 0. The van der Waals surface area contributed by atoms with E-state index in [0.717, 1.165) is 17.8 Å². The molecule has 17 heavy (non-hydrogen) atoms. The molecule has 0 radical (unpaired) electrons. The normalized spacial score (nSPS) is 24.4. The van der Waals surface area contributed by atoms with Crippen LogP contribution >= 0.6 is 11.8 Å². The van der Waals surface area contributed by atoms with Crippen LogP contribution in [0.1, 0.15) is 31.9 Å². The van der Waals surface area contributed by atoms with Crippen molar-refractivity contribution >= 4 is 11.8 Å². The van der Waals surface area contributed by atoms with Gasteiger partial charge in [-0.25, -0.2) is 0 Å². The van der Waals surface area contributed by atoms with Crippen LogP contribution in [0, 0.1) is 0 Å². The first kappa shape index (κ1) is 12.9. The molecular formula is C14H22N2S. The molecule has 0 N–H and O–H groups in total. The van der Waals surface area contributed by atoms with E-state index < -0.39 is 0 Å². The van der Waals surface area contributed by atoms with E-state index >= 15 is 0 Å². The van der Waals surface area contributed by atoms with Crippen LogP contribution in [-0.2, 0) is 6.54 Å². The molecule has 1 aromatic heterocycles. The minimum atomic E-state index is 0.751. The van der Waals surface area contributed by atoms with E-state index in [4.69, 9.17) is 0 Å². The number of hydrogen-bond acceptors (Lipinski definition) is 3. The van der Waals surface area contributed by atoms with Gasteiger partial charge in [0.25, 0.3) is 0 Å². The zero-order valence-corrected chi connectivity index (χ0v) is 11.6. The Kier molecular flexibility index (Phi) is 4.86. The van der Waals surface area contributed by atoms with Gasteiger partial charge in [0.2, 0.25) is 0 Å². The van der Waals surface area contributed by atoms with Crippen LogP contribution in [0.4, 0.5) is 0 Å². The first-order valence-corrected chi connectivity index (χ1v) is 7.56.